The Labute approximate surface area is 141 Å². The molecule has 0 bridgehead atoms. The first kappa shape index (κ1) is 16.6. The highest BCUT2D eigenvalue weighted by molar-refractivity contribution is 7.08. The third kappa shape index (κ3) is 4.10. The summed E-state index contributed by atoms with van der Waals surface area (Å²) in [6.07, 6.45) is 0. The maximum absolute atomic E-state index is 6.26. The molecular formula is C18H19ClN2S. The van der Waals surface area contributed by atoms with E-state index in [-0.39, 0.29) is 18.4 Å². The van der Waals surface area contributed by atoms with E-state index in [2.05, 4.69) is 70.7 Å². The Kier molecular flexibility index (Phi) is 6.01. The van der Waals surface area contributed by atoms with Crippen molar-refractivity contribution in [3.63, 3.8) is 0 Å². The zero-order valence-corrected chi connectivity index (χ0v) is 13.7. The second-order valence-electron chi connectivity index (χ2n) is 5.00. The van der Waals surface area contributed by atoms with Gasteiger partial charge in [0.1, 0.15) is 0 Å². The minimum atomic E-state index is -0.0422. The van der Waals surface area contributed by atoms with Crippen LogP contribution < -0.4 is 11.1 Å². The van der Waals surface area contributed by atoms with Gasteiger partial charge in [0.15, 0.2) is 0 Å². The first-order valence-corrected chi connectivity index (χ1v) is 7.92. The first-order valence-electron chi connectivity index (χ1n) is 6.98. The summed E-state index contributed by atoms with van der Waals surface area (Å²) in [4.78, 5) is 0. The number of nitrogens with two attached hydrogens (primary N) is 1. The van der Waals surface area contributed by atoms with Crippen molar-refractivity contribution in [2.75, 3.05) is 5.32 Å². The molecule has 3 aromatic rings. The monoisotopic (exact) mass is 330 g/mol. The fraction of sp³-hybridized carbons (Fsp3) is 0.111. The van der Waals surface area contributed by atoms with Crippen LogP contribution in [0.5, 0.6) is 0 Å². The maximum Gasteiger partial charge on any atom is 0.0559 e. The molecule has 2 nitrogen and oxygen atoms in total. The zero-order valence-electron chi connectivity index (χ0n) is 12.1. The minimum absolute atomic E-state index is 0. The lowest BCUT2D eigenvalue weighted by Gasteiger charge is -2.12. The van der Waals surface area contributed by atoms with Crippen molar-refractivity contribution < 1.29 is 0 Å². The molecule has 1 aromatic heterocycles. The molecule has 0 aliphatic heterocycles. The molecule has 22 heavy (non-hydrogen) atoms. The van der Waals surface area contributed by atoms with Gasteiger partial charge in [-0.25, -0.2) is 0 Å². The fourth-order valence-electron chi connectivity index (χ4n) is 2.25. The highest BCUT2D eigenvalue weighted by Crippen LogP contribution is 2.23. The Morgan fingerprint density at radius 1 is 0.909 bits per heavy atom. The second-order valence-corrected chi connectivity index (χ2v) is 5.78. The van der Waals surface area contributed by atoms with Crippen LogP contribution >= 0.6 is 23.7 Å². The number of thiophene rings is 1. The molecule has 0 aliphatic carbocycles. The lowest BCUT2D eigenvalue weighted by Crippen LogP contribution is -2.10. The molecule has 0 saturated carbocycles. The quantitative estimate of drug-likeness (QED) is 0.703. The Morgan fingerprint density at radius 3 is 2.27 bits per heavy atom. The van der Waals surface area contributed by atoms with E-state index in [1.54, 1.807) is 11.3 Å². The van der Waals surface area contributed by atoms with E-state index in [1.165, 1.54) is 11.1 Å². The van der Waals surface area contributed by atoms with Gasteiger partial charge in [0, 0.05) is 12.2 Å². The number of hydrogen-bond donors (Lipinski definition) is 2. The molecule has 3 N–H and O–H groups in total. The molecule has 0 aliphatic rings. The third-order valence-corrected chi connectivity index (χ3v) is 4.21. The molecule has 114 valence electrons. The van der Waals surface area contributed by atoms with Gasteiger partial charge < -0.3 is 11.1 Å². The van der Waals surface area contributed by atoms with Crippen LogP contribution in [0.15, 0.2) is 71.4 Å². The molecule has 4 heteroatoms. The normalized spacial score (nSPS) is 11.5. The van der Waals surface area contributed by atoms with E-state index in [4.69, 9.17) is 5.73 Å². The summed E-state index contributed by atoms with van der Waals surface area (Å²) in [5, 5.41) is 7.59. The predicted molar refractivity (Wildman–Crippen MR) is 97.8 cm³/mol. The van der Waals surface area contributed by atoms with Gasteiger partial charge in [-0.2, -0.15) is 11.3 Å². The summed E-state index contributed by atoms with van der Waals surface area (Å²) >= 11 is 1.68. The van der Waals surface area contributed by atoms with Crippen LogP contribution in [0.2, 0.25) is 0 Å². The standard InChI is InChI=1S/C18H18N2S.ClH/c19-18(16-10-11-21-13-16)15-6-8-17(9-7-15)20-12-14-4-2-1-3-5-14;/h1-11,13,18,20H,12,19H2;1H/t18-;/m0./s1. The molecule has 0 saturated heterocycles. The summed E-state index contributed by atoms with van der Waals surface area (Å²) in [5.41, 5.74) is 11.0. The van der Waals surface area contributed by atoms with Crippen LogP contribution in [0.3, 0.4) is 0 Å². The van der Waals surface area contributed by atoms with E-state index >= 15 is 0 Å². The third-order valence-electron chi connectivity index (χ3n) is 3.51. The number of benzene rings is 2. The number of halogens is 1. The molecule has 0 fully saturated rings. The minimum Gasteiger partial charge on any atom is -0.381 e. The Hall–Kier alpha value is -1.81. The topological polar surface area (TPSA) is 38.0 Å². The molecule has 1 atom stereocenters. The largest absolute Gasteiger partial charge is 0.381 e. The van der Waals surface area contributed by atoms with Gasteiger partial charge in [0.2, 0.25) is 0 Å². The summed E-state index contributed by atoms with van der Waals surface area (Å²) < 4.78 is 0. The van der Waals surface area contributed by atoms with Gasteiger partial charge in [-0.05, 0) is 45.6 Å². The smallest absolute Gasteiger partial charge is 0.0559 e. The van der Waals surface area contributed by atoms with Crippen molar-refractivity contribution in [2.24, 2.45) is 5.73 Å². The Morgan fingerprint density at radius 2 is 1.64 bits per heavy atom. The van der Waals surface area contributed by atoms with Crippen molar-refractivity contribution in [3.05, 3.63) is 88.1 Å². The Balaban J connectivity index is 0.00000176. The van der Waals surface area contributed by atoms with Crippen LogP contribution in [0.25, 0.3) is 0 Å². The van der Waals surface area contributed by atoms with E-state index in [0.29, 0.717) is 0 Å². The lowest BCUT2D eigenvalue weighted by molar-refractivity contribution is 0.877. The summed E-state index contributed by atoms with van der Waals surface area (Å²) in [5.74, 6) is 0. The molecule has 3 rings (SSSR count). The summed E-state index contributed by atoms with van der Waals surface area (Å²) in [6, 6.07) is 20.8. The number of nitrogens with one attached hydrogen (secondary N) is 1. The van der Waals surface area contributed by atoms with Crippen LogP contribution in [0.1, 0.15) is 22.7 Å². The maximum atomic E-state index is 6.26. The van der Waals surface area contributed by atoms with Gasteiger partial charge in [0.25, 0.3) is 0 Å². The zero-order chi connectivity index (χ0) is 14.5. The molecule has 0 spiro atoms. The van der Waals surface area contributed by atoms with Crippen LogP contribution in [0.4, 0.5) is 5.69 Å². The highest BCUT2D eigenvalue weighted by Gasteiger charge is 2.08. The van der Waals surface area contributed by atoms with Crippen molar-refractivity contribution in [2.45, 2.75) is 12.6 Å². The van der Waals surface area contributed by atoms with E-state index in [9.17, 15) is 0 Å². The average molecular weight is 331 g/mol. The van der Waals surface area contributed by atoms with Gasteiger partial charge in [-0.15, -0.1) is 12.4 Å². The molecule has 0 radical (unpaired) electrons. The number of rotatable bonds is 5. The van der Waals surface area contributed by atoms with Gasteiger partial charge in [-0.3, -0.25) is 0 Å². The van der Waals surface area contributed by atoms with E-state index in [0.717, 1.165) is 17.8 Å². The van der Waals surface area contributed by atoms with Gasteiger partial charge in [-0.1, -0.05) is 42.5 Å². The van der Waals surface area contributed by atoms with Crippen LogP contribution in [0, 0.1) is 0 Å². The lowest BCUT2D eigenvalue weighted by atomic mass is 10.0. The summed E-state index contributed by atoms with van der Waals surface area (Å²) in [6.45, 7) is 0.830. The average Bonchev–Trinajstić information content (AvgIpc) is 3.08. The SMILES string of the molecule is Cl.N[C@@H](c1ccc(NCc2ccccc2)cc1)c1ccsc1. The molecule has 2 aromatic carbocycles. The Bertz CT molecular complexity index is 666. The van der Waals surface area contributed by atoms with Crippen molar-refractivity contribution >= 4 is 29.4 Å². The van der Waals surface area contributed by atoms with Crippen molar-refractivity contribution in [3.8, 4) is 0 Å². The number of anilines is 1. The van der Waals surface area contributed by atoms with Crippen LogP contribution in [-0.4, -0.2) is 0 Å². The van der Waals surface area contributed by atoms with Gasteiger partial charge >= 0.3 is 0 Å². The first-order chi connectivity index (χ1) is 10.3. The van der Waals surface area contributed by atoms with E-state index in [1.807, 2.05) is 6.07 Å². The molecule has 1 heterocycles. The predicted octanol–water partition coefficient (Wildman–Crippen LogP) is 4.83. The van der Waals surface area contributed by atoms with Crippen molar-refractivity contribution in [1.29, 1.82) is 0 Å². The summed E-state index contributed by atoms with van der Waals surface area (Å²) in [7, 11) is 0. The van der Waals surface area contributed by atoms with Crippen molar-refractivity contribution in [1.82, 2.24) is 0 Å². The number of hydrogen-bond acceptors (Lipinski definition) is 3. The molecule has 0 amide bonds. The fourth-order valence-corrected chi connectivity index (χ4v) is 2.95. The van der Waals surface area contributed by atoms with Gasteiger partial charge in [0.05, 0.1) is 6.04 Å². The van der Waals surface area contributed by atoms with Crippen LogP contribution in [-0.2, 0) is 6.54 Å². The second kappa shape index (κ2) is 7.99. The highest BCUT2D eigenvalue weighted by atomic mass is 35.5. The molecule has 0 unspecified atom stereocenters. The molecular weight excluding hydrogens is 312 g/mol. The van der Waals surface area contributed by atoms with E-state index < -0.39 is 0 Å².